The molecule has 1 atom stereocenters. The molecule has 0 aliphatic carbocycles. The number of hydrogen-bond acceptors (Lipinski definition) is 4. The van der Waals surface area contributed by atoms with Gasteiger partial charge in [0, 0.05) is 12.8 Å². The lowest BCUT2D eigenvalue weighted by molar-refractivity contribution is 0.0160. The fourth-order valence-electron chi connectivity index (χ4n) is 1.56. The summed E-state index contributed by atoms with van der Waals surface area (Å²) in [6.07, 6.45) is 3.67. The number of halogens is 1. The minimum atomic E-state index is -0.365. The van der Waals surface area contributed by atoms with Crippen LogP contribution in [-0.2, 0) is 9.47 Å². The molecule has 1 aromatic rings. The Hall–Kier alpha value is -0.940. The van der Waals surface area contributed by atoms with Crippen molar-refractivity contribution in [1.29, 1.82) is 0 Å². The molecule has 1 saturated heterocycles. The van der Waals surface area contributed by atoms with Crippen LogP contribution in [0.25, 0.3) is 0 Å². The predicted octanol–water partition coefficient (Wildman–Crippen LogP) is 2.18. The van der Waals surface area contributed by atoms with Crippen molar-refractivity contribution in [2.24, 2.45) is 0 Å². The number of carbonyl (C=O) groups is 1. The van der Waals surface area contributed by atoms with Crippen LogP contribution in [0, 0.1) is 0 Å². The summed E-state index contributed by atoms with van der Waals surface area (Å²) in [4.78, 5) is 15.6. The summed E-state index contributed by atoms with van der Waals surface area (Å²) in [6.45, 7) is 1.08. The first-order chi connectivity index (χ1) is 7.77. The second kappa shape index (κ2) is 5.41. The van der Waals surface area contributed by atoms with Gasteiger partial charge < -0.3 is 9.47 Å². The molecule has 1 fully saturated rings. The van der Waals surface area contributed by atoms with E-state index in [0.29, 0.717) is 16.8 Å². The highest BCUT2D eigenvalue weighted by Crippen LogP contribution is 2.16. The van der Waals surface area contributed by atoms with Crippen molar-refractivity contribution in [2.45, 2.75) is 18.9 Å². The molecule has 1 unspecified atom stereocenters. The molecule has 1 aliphatic rings. The van der Waals surface area contributed by atoms with Gasteiger partial charge in [0.15, 0.2) is 0 Å². The van der Waals surface area contributed by atoms with Gasteiger partial charge >= 0.3 is 5.97 Å². The lowest BCUT2D eigenvalue weighted by Gasteiger charge is -2.10. The summed E-state index contributed by atoms with van der Waals surface area (Å²) in [5.74, 6) is -0.365. The first-order valence-electron chi connectivity index (χ1n) is 5.16. The summed E-state index contributed by atoms with van der Waals surface area (Å²) < 4.78 is 11.0. The molecule has 0 spiro atoms. The van der Waals surface area contributed by atoms with Crippen LogP contribution < -0.4 is 0 Å². The largest absolute Gasteiger partial charge is 0.459 e. The van der Waals surface area contributed by atoms with E-state index in [0.717, 1.165) is 19.4 Å². The zero-order valence-corrected chi connectivity index (χ0v) is 10.3. The normalized spacial score (nSPS) is 19.7. The maximum atomic E-state index is 11.7. The Morgan fingerprint density at radius 2 is 2.56 bits per heavy atom. The summed E-state index contributed by atoms with van der Waals surface area (Å²) in [6, 6.07) is 3.38. The summed E-state index contributed by atoms with van der Waals surface area (Å²) in [5.41, 5.74) is 0.445. The van der Waals surface area contributed by atoms with E-state index < -0.39 is 0 Å². The summed E-state index contributed by atoms with van der Waals surface area (Å²) in [7, 11) is 0. The Balaban J connectivity index is 1.90. The van der Waals surface area contributed by atoms with Crippen molar-refractivity contribution in [3.8, 4) is 0 Å². The maximum absolute atomic E-state index is 11.7. The standard InChI is InChI=1S/C11H12BrNO3/c12-10-9(4-1-5-13-10)11(14)16-7-8-3-2-6-15-8/h1,4-5,8H,2-3,6-7H2. The molecule has 86 valence electrons. The number of carbonyl (C=O) groups excluding carboxylic acids is 1. The van der Waals surface area contributed by atoms with Crippen LogP contribution >= 0.6 is 15.9 Å². The lowest BCUT2D eigenvalue weighted by atomic mass is 10.2. The molecule has 2 heterocycles. The van der Waals surface area contributed by atoms with Gasteiger partial charge in [-0.3, -0.25) is 0 Å². The number of ether oxygens (including phenoxy) is 2. The Kier molecular flexibility index (Phi) is 3.90. The maximum Gasteiger partial charge on any atom is 0.340 e. The number of pyridine rings is 1. The Bertz CT molecular complexity index is 377. The third-order valence-electron chi connectivity index (χ3n) is 2.40. The van der Waals surface area contributed by atoms with E-state index in [4.69, 9.17) is 9.47 Å². The first kappa shape index (κ1) is 11.5. The topological polar surface area (TPSA) is 48.4 Å². The van der Waals surface area contributed by atoms with Crippen molar-refractivity contribution < 1.29 is 14.3 Å². The van der Waals surface area contributed by atoms with Gasteiger partial charge in [0.05, 0.1) is 11.7 Å². The van der Waals surface area contributed by atoms with Gasteiger partial charge in [-0.1, -0.05) is 0 Å². The summed E-state index contributed by atoms with van der Waals surface area (Å²) >= 11 is 3.21. The third kappa shape index (κ3) is 2.80. The highest BCUT2D eigenvalue weighted by molar-refractivity contribution is 9.10. The molecule has 0 radical (unpaired) electrons. The molecule has 1 aromatic heterocycles. The second-order valence-electron chi connectivity index (χ2n) is 3.58. The molecule has 0 saturated carbocycles. The zero-order chi connectivity index (χ0) is 11.4. The van der Waals surface area contributed by atoms with Crippen LogP contribution in [0.1, 0.15) is 23.2 Å². The quantitative estimate of drug-likeness (QED) is 0.631. The van der Waals surface area contributed by atoms with Gasteiger partial charge in [0.25, 0.3) is 0 Å². The molecule has 1 aliphatic heterocycles. The molecule has 4 nitrogen and oxygen atoms in total. The van der Waals surface area contributed by atoms with Crippen LogP contribution in [-0.4, -0.2) is 30.3 Å². The smallest absolute Gasteiger partial charge is 0.340 e. The number of esters is 1. The van der Waals surface area contributed by atoms with Crippen LogP contribution in [0.4, 0.5) is 0 Å². The van der Waals surface area contributed by atoms with Crippen LogP contribution in [0.5, 0.6) is 0 Å². The number of nitrogens with zero attached hydrogens (tertiary/aromatic N) is 1. The van der Waals surface area contributed by atoms with Crippen LogP contribution in [0.15, 0.2) is 22.9 Å². The van der Waals surface area contributed by atoms with Gasteiger partial charge in [0.2, 0.25) is 0 Å². The number of aromatic nitrogens is 1. The third-order valence-corrected chi connectivity index (χ3v) is 3.04. The van der Waals surface area contributed by atoms with E-state index in [9.17, 15) is 4.79 Å². The van der Waals surface area contributed by atoms with Crippen molar-refractivity contribution in [3.05, 3.63) is 28.5 Å². The predicted molar refractivity (Wildman–Crippen MR) is 61.2 cm³/mol. The fourth-order valence-corrected chi connectivity index (χ4v) is 1.97. The zero-order valence-electron chi connectivity index (χ0n) is 8.69. The monoisotopic (exact) mass is 285 g/mol. The second-order valence-corrected chi connectivity index (χ2v) is 4.33. The Morgan fingerprint density at radius 3 is 3.25 bits per heavy atom. The molecular formula is C11H12BrNO3. The minimum Gasteiger partial charge on any atom is -0.459 e. The molecule has 2 rings (SSSR count). The molecule has 0 aromatic carbocycles. The van der Waals surface area contributed by atoms with E-state index in [-0.39, 0.29) is 12.1 Å². The first-order valence-corrected chi connectivity index (χ1v) is 5.96. The van der Waals surface area contributed by atoms with Gasteiger partial charge in [-0.05, 0) is 40.9 Å². The van der Waals surface area contributed by atoms with Crippen LogP contribution in [0.2, 0.25) is 0 Å². The van der Waals surface area contributed by atoms with E-state index in [2.05, 4.69) is 20.9 Å². The van der Waals surface area contributed by atoms with E-state index in [1.807, 2.05) is 0 Å². The minimum absolute atomic E-state index is 0.0550. The lowest BCUT2D eigenvalue weighted by Crippen LogP contribution is -2.18. The molecule has 16 heavy (non-hydrogen) atoms. The van der Waals surface area contributed by atoms with Gasteiger partial charge in [0.1, 0.15) is 11.2 Å². The number of rotatable bonds is 3. The molecule has 0 N–H and O–H groups in total. The van der Waals surface area contributed by atoms with Gasteiger partial charge in [-0.15, -0.1) is 0 Å². The highest BCUT2D eigenvalue weighted by atomic mass is 79.9. The average Bonchev–Trinajstić information content (AvgIpc) is 2.79. The number of hydrogen-bond donors (Lipinski definition) is 0. The van der Waals surface area contributed by atoms with Crippen molar-refractivity contribution in [3.63, 3.8) is 0 Å². The van der Waals surface area contributed by atoms with Crippen LogP contribution in [0.3, 0.4) is 0 Å². The fraction of sp³-hybridized carbons (Fsp3) is 0.455. The van der Waals surface area contributed by atoms with E-state index >= 15 is 0 Å². The van der Waals surface area contributed by atoms with Gasteiger partial charge in [-0.25, -0.2) is 9.78 Å². The van der Waals surface area contributed by atoms with Crippen molar-refractivity contribution >= 4 is 21.9 Å². The SMILES string of the molecule is O=C(OCC1CCCO1)c1cccnc1Br. The Morgan fingerprint density at radius 1 is 1.69 bits per heavy atom. The van der Waals surface area contributed by atoms with E-state index in [1.54, 1.807) is 18.3 Å². The highest BCUT2D eigenvalue weighted by Gasteiger charge is 2.19. The molecule has 5 heteroatoms. The average molecular weight is 286 g/mol. The molecule has 0 amide bonds. The van der Waals surface area contributed by atoms with E-state index in [1.165, 1.54) is 0 Å². The molecular weight excluding hydrogens is 274 g/mol. The van der Waals surface area contributed by atoms with Crippen molar-refractivity contribution in [2.75, 3.05) is 13.2 Å². The van der Waals surface area contributed by atoms with Gasteiger partial charge in [-0.2, -0.15) is 0 Å². The van der Waals surface area contributed by atoms with Crippen molar-refractivity contribution in [1.82, 2.24) is 4.98 Å². The molecule has 0 bridgehead atoms. The summed E-state index contributed by atoms with van der Waals surface area (Å²) in [5, 5.41) is 0. The Labute approximate surface area is 102 Å².